The lowest BCUT2D eigenvalue weighted by Gasteiger charge is -2.31. The van der Waals surface area contributed by atoms with Crippen molar-refractivity contribution in [2.75, 3.05) is 18.1 Å². The molecule has 0 aromatic heterocycles. The fraction of sp³-hybridized carbons (Fsp3) is 0.500. The van der Waals surface area contributed by atoms with Crippen LogP contribution >= 0.6 is 0 Å². The summed E-state index contributed by atoms with van der Waals surface area (Å²) in [6.45, 7) is 0.791. The van der Waals surface area contributed by atoms with Gasteiger partial charge in [0, 0.05) is 18.7 Å². The molecule has 1 fully saturated rings. The second-order valence-electron chi connectivity index (χ2n) is 4.95. The zero-order valence-corrected chi connectivity index (χ0v) is 11.2. The monoisotopic (exact) mass is 275 g/mol. The fourth-order valence-corrected chi connectivity index (χ4v) is 2.66. The molecule has 1 aromatic carbocycles. The topological polar surface area (TPSA) is 90.4 Å². The van der Waals surface area contributed by atoms with E-state index >= 15 is 0 Å². The zero-order valence-electron chi connectivity index (χ0n) is 11.2. The number of hydrogen-bond acceptors (Lipinski definition) is 5. The molecular formula is C14H17N3O3. The number of nitrogens with zero attached hydrogens (tertiary/aromatic N) is 3. The van der Waals surface area contributed by atoms with Crippen LogP contribution in [0.15, 0.2) is 18.2 Å². The van der Waals surface area contributed by atoms with Gasteiger partial charge < -0.3 is 10.0 Å². The summed E-state index contributed by atoms with van der Waals surface area (Å²) in [6, 6.07) is 6.33. The smallest absolute Gasteiger partial charge is 0.270 e. The summed E-state index contributed by atoms with van der Waals surface area (Å²) in [7, 11) is 0. The summed E-state index contributed by atoms with van der Waals surface area (Å²) in [5, 5.41) is 29.5. The predicted octanol–water partition coefficient (Wildman–Crippen LogP) is 2.21. The molecule has 1 aromatic rings. The first-order valence-corrected chi connectivity index (χ1v) is 6.73. The van der Waals surface area contributed by atoms with Crippen LogP contribution in [0.3, 0.4) is 0 Å². The van der Waals surface area contributed by atoms with Gasteiger partial charge in [-0.3, -0.25) is 10.1 Å². The molecule has 20 heavy (non-hydrogen) atoms. The molecule has 2 rings (SSSR count). The maximum absolute atomic E-state index is 10.8. The number of aliphatic hydroxyl groups is 1. The van der Waals surface area contributed by atoms with Gasteiger partial charge in [-0.2, -0.15) is 5.26 Å². The third-order valence-electron chi connectivity index (χ3n) is 3.71. The number of non-ortho nitro benzene ring substituents is 1. The van der Waals surface area contributed by atoms with Gasteiger partial charge in [-0.05, 0) is 18.9 Å². The van der Waals surface area contributed by atoms with Gasteiger partial charge in [-0.1, -0.05) is 12.8 Å². The molecule has 0 amide bonds. The molecular weight excluding hydrogens is 258 g/mol. The van der Waals surface area contributed by atoms with E-state index in [2.05, 4.69) is 0 Å². The molecule has 0 bridgehead atoms. The van der Waals surface area contributed by atoms with Crippen LogP contribution in [-0.2, 0) is 0 Å². The van der Waals surface area contributed by atoms with Crippen molar-refractivity contribution in [3.05, 3.63) is 33.9 Å². The summed E-state index contributed by atoms with van der Waals surface area (Å²) < 4.78 is 0. The number of nitro benzene ring substituents is 1. The van der Waals surface area contributed by atoms with Gasteiger partial charge in [0.25, 0.3) is 5.69 Å². The Hall–Kier alpha value is -2.13. The number of nitro groups is 1. The van der Waals surface area contributed by atoms with Gasteiger partial charge in [0.15, 0.2) is 0 Å². The summed E-state index contributed by atoms with van der Waals surface area (Å²) in [5.41, 5.74) is 0.888. The highest BCUT2D eigenvalue weighted by Crippen LogP contribution is 2.29. The van der Waals surface area contributed by atoms with E-state index in [9.17, 15) is 20.5 Å². The summed E-state index contributed by atoms with van der Waals surface area (Å²) >= 11 is 0. The average Bonchev–Trinajstić information content (AvgIpc) is 2.71. The molecule has 1 heterocycles. The molecule has 6 nitrogen and oxygen atoms in total. The van der Waals surface area contributed by atoms with E-state index in [1.165, 1.54) is 12.1 Å². The Bertz CT molecular complexity index is 539. The van der Waals surface area contributed by atoms with E-state index < -0.39 is 4.92 Å². The quantitative estimate of drug-likeness (QED) is 0.674. The van der Waals surface area contributed by atoms with Crippen LogP contribution in [0.25, 0.3) is 0 Å². The number of aliphatic hydroxyl groups excluding tert-OH is 1. The minimum absolute atomic E-state index is 0.0222. The molecule has 1 unspecified atom stereocenters. The number of benzene rings is 1. The lowest BCUT2D eigenvalue weighted by Crippen LogP contribution is -2.38. The molecule has 0 aliphatic carbocycles. The van der Waals surface area contributed by atoms with Crippen LogP contribution in [-0.4, -0.2) is 29.2 Å². The minimum atomic E-state index is -0.503. The van der Waals surface area contributed by atoms with E-state index in [1.807, 2.05) is 11.0 Å². The van der Waals surface area contributed by atoms with Crippen LogP contribution in [0, 0.1) is 21.4 Å². The molecule has 1 aliphatic rings. The van der Waals surface area contributed by atoms with Crippen molar-refractivity contribution in [2.45, 2.75) is 31.7 Å². The largest absolute Gasteiger partial charge is 0.394 e. The molecule has 1 atom stereocenters. The third kappa shape index (κ3) is 2.89. The van der Waals surface area contributed by atoms with Crippen molar-refractivity contribution < 1.29 is 10.0 Å². The molecule has 0 saturated carbocycles. The fourth-order valence-electron chi connectivity index (χ4n) is 2.66. The van der Waals surface area contributed by atoms with Gasteiger partial charge >= 0.3 is 0 Å². The SMILES string of the molecule is N#Cc1cc([N+](=O)[O-])ccc1N1CCCCCC1CO. The lowest BCUT2D eigenvalue weighted by molar-refractivity contribution is -0.384. The van der Waals surface area contributed by atoms with E-state index in [1.54, 1.807) is 6.07 Å². The van der Waals surface area contributed by atoms with Crippen molar-refractivity contribution >= 4 is 11.4 Å². The molecule has 1 aliphatic heterocycles. The molecule has 1 N–H and O–H groups in total. The van der Waals surface area contributed by atoms with Crippen LogP contribution in [0.1, 0.15) is 31.2 Å². The van der Waals surface area contributed by atoms with Crippen molar-refractivity contribution in [2.24, 2.45) is 0 Å². The second kappa shape index (κ2) is 6.35. The van der Waals surface area contributed by atoms with Crippen LogP contribution in [0.4, 0.5) is 11.4 Å². The third-order valence-corrected chi connectivity index (χ3v) is 3.71. The highest BCUT2D eigenvalue weighted by Gasteiger charge is 2.23. The number of anilines is 1. The maximum Gasteiger partial charge on any atom is 0.270 e. The van der Waals surface area contributed by atoms with Crippen molar-refractivity contribution in [1.82, 2.24) is 0 Å². The average molecular weight is 275 g/mol. The lowest BCUT2D eigenvalue weighted by atomic mass is 10.1. The van der Waals surface area contributed by atoms with Gasteiger partial charge in [-0.25, -0.2) is 0 Å². The predicted molar refractivity (Wildman–Crippen MR) is 74.5 cm³/mol. The van der Waals surface area contributed by atoms with E-state index in [-0.39, 0.29) is 18.3 Å². The van der Waals surface area contributed by atoms with Crippen LogP contribution < -0.4 is 4.90 Å². The Labute approximate surface area is 117 Å². The van der Waals surface area contributed by atoms with Gasteiger partial charge in [-0.15, -0.1) is 0 Å². The number of rotatable bonds is 3. The Morgan fingerprint density at radius 3 is 2.90 bits per heavy atom. The molecule has 6 heteroatoms. The van der Waals surface area contributed by atoms with Crippen LogP contribution in [0.5, 0.6) is 0 Å². The van der Waals surface area contributed by atoms with Crippen molar-refractivity contribution in [1.29, 1.82) is 5.26 Å². The first kappa shape index (κ1) is 14.3. The first-order chi connectivity index (χ1) is 9.67. The van der Waals surface area contributed by atoms with Gasteiger partial charge in [0.2, 0.25) is 0 Å². The van der Waals surface area contributed by atoms with Crippen molar-refractivity contribution in [3.63, 3.8) is 0 Å². The molecule has 1 saturated heterocycles. The second-order valence-corrected chi connectivity index (χ2v) is 4.95. The number of nitriles is 1. The molecule has 0 spiro atoms. The molecule has 0 radical (unpaired) electrons. The van der Waals surface area contributed by atoms with E-state index in [4.69, 9.17) is 0 Å². The maximum atomic E-state index is 10.8. The zero-order chi connectivity index (χ0) is 14.5. The Morgan fingerprint density at radius 1 is 1.45 bits per heavy atom. The Balaban J connectivity index is 2.39. The normalized spacial score (nSPS) is 19.2. The van der Waals surface area contributed by atoms with E-state index in [0.717, 1.165) is 32.2 Å². The Morgan fingerprint density at radius 2 is 2.25 bits per heavy atom. The molecule has 106 valence electrons. The highest BCUT2D eigenvalue weighted by atomic mass is 16.6. The Kier molecular flexibility index (Phi) is 4.53. The van der Waals surface area contributed by atoms with Gasteiger partial charge in [0.1, 0.15) is 6.07 Å². The van der Waals surface area contributed by atoms with Crippen LogP contribution in [0.2, 0.25) is 0 Å². The van der Waals surface area contributed by atoms with Gasteiger partial charge in [0.05, 0.1) is 28.8 Å². The standard InChI is InChI=1S/C14H17N3O3/c15-9-11-8-12(17(19)20)5-6-14(11)16-7-3-1-2-4-13(16)10-18/h5-6,8,13,18H,1-4,7,10H2. The first-order valence-electron chi connectivity index (χ1n) is 6.73. The number of hydrogen-bond donors (Lipinski definition) is 1. The van der Waals surface area contributed by atoms with Crippen molar-refractivity contribution in [3.8, 4) is 6.07 Å². The minimum Gasteiger partial charge on any atom is -0.394 e. The highest BCUT2D eigenvalue weighted by molar-refractivity contribution is 5.63. The summed E-state index contributed by atoms with van der Waals surface area (Å²) in [6.07, 6.45) is 4.02. The van der Waals surface area contributed by atoms with E-state index in [0.29, 0.717) is 11.3 Å². The summed E-state index contributed by atoms with van der Waals surface area (Å²) in [5.74, 6) is 0. The summed E-state index contributed by atoms with van der Waals surface area (Å²) in [4.78, 5) is 12.3.